The average molecular weight is 374 g/mol. The fraction of sp³-hybridized carbons (Fsp3) is 0.350. The molecule has 1 amide bonds. The molecule has 0 spiro atoms. The van der Waals surface area contributed by atoms with Crippen molar-refractivity contribution in [2.24, 2.45) is 0 Å². The van der Waals surface area contributed by atoms with Crippen LogP contribution in [-0.4, -0.2) is 40.7 Å². The lowest BCUT2D eigenvalue weighted by atomic mass is 10.0. The van der Waals surface area contributed by atoms with E-state index in [4.69, 9.17) is 4.74 Å². The lowest BCUT2D eigenvalue weighted by Gasteiger charge is -2.20. The number of ether oxygens (including phenoxy) is 1. The highest BCUT2D eigenvalue weighted by molar-refractivity contribution is 6.04. The monoisotopic (exact) mass is 374 g/mol. The van der Waals surface area contributed by atoms with Crippen LogP contribution in [0.2, 0.25) is 0 Å². The number of carbonyl (C=O) groups excluding carboxylic acids is 3. The van der Waals surface area contributed by atoms with E-state index < -0.39 is 5.97 Å². The molecular weight excluding hydrogens is 351 g/mol. The number of rotatable bonds is 7. The zero-order chi connectivity index (χ0) is 20.1. The molecule has 1 heterocycles. The maximum absolute atomic E-state index is 13.0. The summed E-state index contributed by atoms with van der Waals surface area (Å²) in [4.78, 5) is 41.1. The molecule has 0 aliphatic carbocycles. The van der Waals surface area contributed by atoms with Crippen molar-refractivity contribution < 1.29 is 23.5 Å². The van der Waals surface area contributed by atoms with Crippen molar-refractivity contribution in [2.45, 2.75) is 34.2 Å². The van der Waals surface area contributed by atoms with Gasteiger partial charge in [0.2, 0.25) is 5.91 Å². The van der Waals surface area contributed by atoms with Gasteiger partial charge in [0.25, 0.3) is 0 Å². The van der Waals surface area contributed by atoms with E-state index in [-0.39, 0.29) is 42.9 Å². The molecular formula is C20H23FN2O4. The smallest absolute Gasteiger partial charge is 0.355 e. The molecule has 0 saturated carbocycles. The molecule has 27 heavy (non-hydrogen) atoms. The fourth-order valence-electron chi connectivity index (χ4n) is 2.92. The van der Waals surface area contributed by atoms with Crippen LogP contribution >= 0.6 is 0 Å². The molecule has 144 valence electrons. The number of nitrogens with zero attached hydrogens (tertiary/aromatic N) is 1. The summed E-state index contributed by atoms with van der Waals surface area (Å²) in [5.74, 6) is -1.45. The molecule has 2 rings (SSSR count). The minimum absolute atomic E-state index is 0.144. The van der Waals surface area contributed by atoms with E-state index in [2.05, 4.69) is 4.98 Å². The van der Waals surface area contributed by atoms with Crippen LogP contribution in [0.25, 0.3) is 0 Å². The first-order valence-corrected chi connectivity index (χ1v) is 8.64. The van der Waals surface area contributed by atoms with Gasteiger partial charge < -0.3 is 14.6 Å². The summed E-state index contributed by atoms with van der Waals surface area (Å²) in [6.07, 6.45) is 0. The predicted molar refractivity (Wildman–Crippen MR) is 98.0 cm³/mol. The number of benzene rings is 1. The van der Waals surface area contributed by atoms with Gasteiger partial charge in [0.15, 0.2) is 5.78 Å². The third kappa shape index (κ3) is 4.81. The molecule has 1 N–H and O–H groups in total. The molecule has 1 aromatic heterocycles. The summed E-state index contributed by atoms with van der Waals surface area (Å²) in [6.45, 7) is 6.72. The van der Waals surface area contributed by atoms with Crippen molar-refractivity contribution in [3.8, 4) is 0 Å². The molecule has 0 bridgehead atoms. The van der Waals surface area contributed by atoms with Gasteiger partial charge in [0.1, 0.15) is 11.5 Å². The van der Waals surface area contributed by atoms with Crippen LogP contribution in [0.15, 0.2) is 24.3 Å². The third-order valence-electron chi connectivity index (χ3n) is 4.26. The third-order valence-corrected chi connectivity index (χ3v) is 4.26. The van der Waals surface area contributed by atoms with Crippen LogP contribution in [0.1, 0.15) is 51.5 Å². The highest BCUT2D eigenvalue weighted by atomic mass is 19.1. The van der Waals surface area contributed by atoms with Crippen molar-refractivity contribution in [3.63, 3.8) is 0 Å². The van der Waals surface area contributed by atoms with Crippen LogP contribution in [-0.2, 0) is 16.1 Å². The Morgan fingerprint density at radius 2 is 1.78 bits per heavy atom. The second kappa shape index (κ2) is 8.62. The Kier molecular flexibility index (Phi) is 6.50. The molecule has 0 aliphatic rings. The van der Waals surface area contributed by atoms with Gasteiger partial charge in [-0.15, -0.1) is 0 Å². The predicted octanol–water partition coefficient (Wildman–Crippen LogP) is 3.18. The summed E-state index contributed by atoms with van der Waals surface area (Å²) in [5, 5.41) is 0. The molecule has 6 nitrogen and oxygen atoms in total. The van der Waals surface area contributed by atoms with E-state index in [0.29, 0.717) is 22.4 Å². The zero-order valence-corrected chi connectivity index (χ0v) is 15.9. The Bertz CT molecular complexity index is 856. The lowest BCUT2D eigenvalue weighted by molar-refractivity contribution is -0.129. The number of Topliss-reactive ketones (excluding diaryl/α,β-unsaturated/α-hetero) is 1. The van der Waals surface area contributed by atoms with Gasteiger partial charge in [-0.1, -0.05) is 12.1 Å². The average Bonchev–Trinajstić information content (AvgIpc) is 2.91. The highest BCUT2D eigenvalue weighted by Crippen LogP contribution is 2.20. The summed E-state index contributed by atoms with van der Waals surface area (Å²) >= 11 is 0. The van der Waals surface area contributed by atoms with E-state index in [1.165, 1.54) is 24.0 Å². The molecule has 7 heteroatoms. The molecule has 0 unspecified atom stereocenters. The summed E-state index contributed by atoms with van der Waals surface area (Å²) in [6, 6.07) is 5.76. The van der Waals surface area contributed by atoms with Gasteiger partial charge in [-0.3, -0.25) is 9.59 Å². The SMILES string of the molecule is CCOC(=O)c1[nH]c(C)c(C(=O)CN(Cc2ccc(F)cc2)C(C)=O)c1C. The second-order valence-electron chi connectivity index (χ2n) is 6.27. The molecule has 0 radical (unpaired) electrons. The van der Waals surface area contributed by atoms with E-state index in [1.54, 1.807) is 32.9 Å². The minimum Gasteiger partial charge on any atom is -0.461 e. The maximum atomic E-state index is 13.0. The lowest BCUT2D eigenvalue weighted by Crippen LogP contribution is -2.33. The van der Waals surface area contributed by atoms with Gasteiger partial charge >= 0.3 is 5.97 Å². The van der Waals surface area contributed by atoms with Gasteiger partial charge in [0, 0.05) is 24.7 Å². The number of nitrogens with one attached hydrogen (secondary N) is 1. The molecule has 0 atom stereocenters. The van der Waals surface area contributed by atoms with Crippen LogP contribution < -0.4 is 0 Å². The van der Waals surface area contributed by atoms with Gasteiger partial charge in [0.05, 0.1) is 13.2 Å². The number of esters is 1. The molecule has 0 saturated heterocycles. The Labute approximate surface area is 157 Å². The minimum atomic E-state index is -0.521. The Morgan fingerprint density at radius 1 is 1.15 bits per heavy atom. The molecule has 0 fully saturated rings. The number of aryl methyl sites for hydroxylation is 1. The number of amides is 1. The van der Waals surface area contributed by atoms with E-state index in [0.717, 1.165) is 0 Å². The van der Waals surface area contributed by atoms with Crippen LogP contribution in [0.3, 0.4) is 0 Å². The first-order valence-electron chi connectivity index (χ1n) is 8.64. The maximum Gasteiger partial charge on any atom is 0.355 e. The van der Waals surface area contributed by atoms with Crippen molar-refractivity contribution >= 4 is 17.7 Å². The number of halogens is 1. The Hall–Kier alpha value is -2.96. The number of aromatic nitrogens is 1. The molecule has 0 aliphatic heterocycles. The number of carbonyl (C=O) groups is 3. The first kappa shape index (κ1) is 20.4. The molecule has 2 aromatic rings. The number of hydrogen-bond acceptors (Lipinski definition) is 4. The Balaban J connectivity index is 2.21. The number of H-pyrrole nitrogens is 1. The van der Waals surface area contributed by atoms with Crippen molar-refractivity contribution in [1.82, 2.24) is 9.88 Å². The van der Waals surface area contributed by atoms with E-state index in [1.807, 2.05) is 0 Å². The quantitative estimate of drug-likeness (QED) is 0.596. The van der Waals surface area contributed by atoms with Crippen LogP contribution in [0, 0.1) is 19.7 Å². The largest absolute Gasteiger partial charge is 0.461 e. The molecule has 1 aromatic carbocycles. The first-order chi connectivity index (χ1) is 12.7. The van der Waals surface area contributed by atoms with Gasteiger partial charge in [-0.2, -0.15) is 0 Å². The summed E-state index contributed by atoms with van der Waals surface area (Å²) in [5.41, 5.74) is 2.38. The number of aromatic amines is 1. The normalized spacial score (nSPS) is 10.6. The number of ketones is 1. The van der Waals surface area contributed by atoms with Gasteiger partial charge in [-0.25, -0.2) is 9.18 Å². The Morgan fingerprint density at radius 3 is 2.33 bits per heavy atom. The fourth-order valence-corrected chi connectivity index (χ4v) is 2.92. The standard InChI is InChI=1S/C20H23FN2O4/c1-5-27-20(26)19-12(2)18(13(3)22-19)17(25)11-23(14(4)24)10-15-6-8-16(21)9-7-15/h6-9,22H,5,10-11H2,1-4H3. The van der Waals surface area contributed by atoms with E-state index >= 15 is 0 Å². The summed E-state index contributed by atoms with van der Waals surface area (Å²) in [7, 11) is 0. The van der Waals surface area contributed by atoms with E-state index in [9.17, 15) is 18.8 Å². The zero-order valence-electron chi connectivity index (χ0n) is 15.9. The van der Waals surface area contributed by atoms with Crippen molar-refractivity contribution in [2.75, 3.05) is 13.2 Å². The topological polar surface area (TPSA) is 79.5 Å². The van der Waals surface area contributed by atoms with Crippen LogP contribution in [0.4, 0.5) is 4.39 Å². The van der Waals surface area contributed by atoms with Crippen LogP contribution in [0.5, 0.6) is 0 Å². The number of hydrogen-bond donors (Lipinski definition) is 1. The van der Waals surface area contributed by atoms with Gasteiger partial charge in [-0.05, 0) is 44.0 Å². The highest BCUT2D eigenvalue weighted by Gasteiger charge is 2.24. The second-order valence-corrected chi connectivity index (χ2v) is 6.27. The van der Waals surface area contributed by atoms with Crippen molar-refractivity contribution in [1.29, 1.82) is 0 Å². The summed E-state index contributed by atoms with van der Waals surface area (Å²) < 4.78 is 18.0. The van der Waals surface area contributed by atoms with Crippen molar-refractivity contribution in [3.05, 3.63) is 58.2 Å².